The van der Waals surface area contributed by atoms with Crippen molar-refractivity contribution >= 4 is 5.91 Å². The summed E-state index contributed by atoms with van der Waals surface area (Å²) in [6, 6.07) is 8.24. The van der Waals surface area contributed by atoms with Crippen LogP contribution in [0.2, 0.25) is 0 Å². The van der Waals surface area contributed by atoms with E-state index in [2.05, 4.69) is 17.4 Å². The van der Waals surface area contributed by atoms with E-state index in [1.165, 1.54) is 11.1 Å². The number of fused-ring (bicyclic) bond motifs is 1. The SMILES string of the molecule is O=C([C@@H]1Cc2ccccc2CN1)N1CCC(CCO)C1. The van der Waals surface area contributed by atoms with Crippen LogP contribution in [0.4, 0.5) is 0 Å². The van der Waals surface area contributed by atoms with Crippen LogP contribution in [-0.4, -0.2) is 41.7 Å². The highest BCUT2D eigenvalue weighted by molar-refractivity contribution is 5.82. The predicted molar refractivity (Wildman–Crippen MR) is 77.2 cm³/mol. The van der Waals surface area contributed by atoms with Gasteiger partial charge < -0.3 is 15.3 Å². The van der Waals surface area contributed by atoms with Crippen LogP contribution in [0.15, 0.2) is 24.3 Å². The minimum absolute atomic E-state index is 0.0854. The second-order valence-electron chi connectivity index (χ2n) is 5.86. The van der Waals surface area contributed by atoms with Crippen LogP contribution in [0.25, 0.3) is 0 Å². The highest BCUT2D eigenvalue weighted by Gasteiger charge is 2.32. The number of hydrogen-bond donors (Lipinski definition) is 2. The number of rotatable bonds is 3. The Bertz CT molecular complexity index is 489. The van der Waals surface area contributed by atoms with E-state index in [1.807, 2.05) is 17.0 Å². The zero-order chi connectivity index (χ0) is 13.9. The van der Waals surface area contributed by atoms with Crippen molar-refractivity contribution in [3.05, 3.63) is 35.4 Å². The van der Waals surface area contributed by atoms with Gasteiger partial charge in [-0.3, -0.25) is 4.79 Å². The number of aliphatic hydroxyl groups is 1. The summed E-state index contributed by atoms with van der Waals surface area (Å²) in [4.78, 5) is 14.5. The Kier molecular flexibility index (Phi) is 4.03. The molecule has 1 saturated heterocycles. The van der Waals surface area contributed by atoms with E-state index < -0.39 is 0 Å². The molecule has 2 atom stereocenters. The molecule has 0 saturated carbocycles. The summed E-state index contributed by atoms with van der Waals surface area (Å²) in [5.74, 6) is 0.694. The van der Waals surface area contributed by atoms with Gasteiger partial charge in [-0.25, -0.2) is 0 Å². The van der Waals surface area contributed by atoms with Crippen LogP contribution in [0, 0.1) is 5.92 Å². The maximum atomic E-state index is 12.6. The molecule has 20 heavy (non-hydrogen) atoms. The first-order valence-corrected chi connectivity index (χ1v) is 7.47. The fourth-order valence-corrected chi connectivity index (χ4v) is 3.30. The van der Waals surface area contributed by atoms with E-state index in [1.54, 1.807) is 0 Å². The summed E-state index contributed by atoms with van der Waals surface area (Å²) in [6.45, 7) is 2.64. The first-order chi connectivity index (χ1) is 9.78. The fraction of sp³-hybridized carbons (Fsp3) is 0.562. The summed E-state index contributed by atoms with van der Waals surface area (Å²) in [5.41, 5.74) is 2.59. The molecule has 4 heteroatoms. The zero-order valence-electron chi connectivity index (χ0n) is 11.7. The molecule has 2 heterocycles. The van der Waals surface area contributed by atoms with Gasteiger partial charge in [0, 0.05) is 26.2 Å². The van der Waals surface area contributed by atoms with E-state index in [0.29, 0.717) is 5.92 Å². The minimum atomic E-state index is -0.0854. The Morgan fingerprint density at radius 2 is 2.15 bits per heavy atom. The van der Waals surface area contributed by atoms with E-state index in [-0.39, 0.29) is 18.6 Å². The molecule has 3 rings (SSSR count). The molecule has 0 aliphatic carbocycles. The molecule has 0 aromatic heterocycles. The Hall–Kier alpha value is -1.39. The van der Waals surface area contributed by atoms with Crippen molar-refractivity contribution in [2.24, 2.45) is 5.92 Å². The molecule has 0 spiro atoms. The monoisotopic (exact) mass is 274 g/mol. The number of benzene rings is 1. The predicted octanol–water partition coefficient (Wildman–Crippen LogP) is 0.932. The third kappa shape index (κ3) is 2.72. The van der Waals surface area contributed by atoms with Crippen LogP contribution in [-0.2, 0) is 17.8 Å². The van der Waals surface area contributed by atoms with Crippen molar-refractivity contribution in [1.29, 1.82) is 0 Å². The van der Waals surface area contributed by atoms with Crippen molar-refractivity contribution in [2.45, 2.75) is 31.8 Å². The molecule has 0 bridgehead atoms. The average Bonchev–Trinajstić information content (AvgIpc) is 2.95. The summed E-state index contributed by atoms with van der Waals surface area (Å²) in [6.07, 6.45) is 2.62. The van der Waals surface area contributed by atoms with Gasteiger partial charge >= 0.3 is 0 Å². The number of carbonyl (C=O) groups excluding carboxylic acids is 1. The van der Waals surface area contributed by atoms with Crippen LogP contribution in [0.3, 0.4) is 0 Å². The highest BCUT2D eigenvalue weighted by Crippen LogP contribution is 2.22. The molecular weight excluding hydrogens is 252 g/mol. The topological polar surface area (TPSA) is 52.6 Å². The molecule has 2 N–H and O–H groups in total. The van der Waals surface area contributed by atoms with Crippen molar-refractivity contribution in [2.75, 3.05) is 19.7 Å². The Labute approximate surface area is 119 Å². The smallest absolute Gasteiger partial charge is 0.240 e. The van der Waals surface area contributed by atoms with Gasteiger partial charge in [0.1, 0.15) is 0 Å². The van der Waals surface area contributed by atoms with Gasteiger partial charge in [0.2, 0.25) is 5.91 Å². The first kappa shape index (κ1) is 13.6. The van der Waals surface area contributed by atoms with Crippen molar-refractivity contribution < 1.29 is 9.90 Å². The van der Waals surface area contributed by atoms with Gasteiger partial charge in [0.25, 0.3) is 0 Å². The molecular formula is C16H22N2O2. The van der Waals surface area contributed by atoms with Crippen molar-refractivity contribution in [1.82, 2.24) is 10.2 Å². The Balaban J connectivity index is 1.62. The Morgan fingerprint density at radius 1 is 1.35 bits per heavy atom. The minimum Gasteiger partial charge on any atom is -0.396 e. The molecule has 1 unspecified atom stereocenters. The second-order valence-corrected chi connectivity index (χ2v) is 5.86. The highest BCUT2D eigenvalue weighted by atomic mass is 16.3. The van der Waals surface area contributed by atoms with Gasteiger partial charge in [0.05, 0.1) is 6.04 Å². The number of hydrogen-bond acceptors (Lipinski definition) is 3. The maximum Gasteiger partial charge on any atom is 0.240 e. The first-order valence-electron chi connectivity index (χ1n) is 7.47. The van der Waals surface area contributed by atoms with Gasteiger partial charge in [-0.2, -0.15) is 0 Å². The lowest BCUT2D eigenvalue weighted by Crippen LogP contribution is -2.48. The van der Waals surface area contributed by atoms with Gasteiger partial charge in [-0.15, -0.1) is 0 Å². The summed E-state index contributed by atoms with van der Waals surface area (Å²) >= 11 is 0. The lowest BCUT2D eigenvalue weighted by atomic mass is 9.95. The van der Waals surface area contributed by atoms with E-state index in [0.717, 1.165) is 38.9 Å². The zero-order valence-corrected chi connectivity index (χ0v) is 11.7. The average molecular weight is 274 g/mol. The lowest BCUT2D eigenvalue weighted by molar-refractivity contribution is -0.132. The van der Waals surface area contributed by atoms with Crippen LogP contribution in [0.1, 0.15) is 24.0 Å². The maximum absolute atomic E-state index is 12.6. The van der Waals surface area contributed by atoms with Crippen molar-refractivity contribution in [3.8, 4) is 0 Å². The van der Waals surface area contributed by atoms with E-state index in [4.69, 9.17) is 5.11 Å². The fourth-order valence-electron chi connectivity index (χ4n) is 3.30. The van der Waals surface area contributed by atoms with Gasteiger partial charge in [-0.05, 0) is 36.3 Å². The largest absolute Gasteiger partial charge is 0.396 e. The van der Waals surface area contributed by atoms with Crippen LogP contribution in [0.5, 0.6) is 0 Å². The van der Waals surface area contributed by atoms with Crippen LogP contribution >= 0.6 is 0 Å². The Morgan fingerprint density at radius 3 is 2.95 bits per heavy atom. The molecule has 0 radical (unpaired) electrons. The third-order valence-corrected chi connectivity index (χ3v) is 4.51. The summed E-state index contributed by atoms with van der Waals surface area (Å²) < 4.78 is 0. The quantitative estimate of drug-likeness (QED) is 0.862. The third-order valence-electron chi connectivity index (χ3n) is 4.51. The number of likely N-dealkylation sites (tertiary alicyclic amines) is 1. The van der Waals surface area contributed by atoms with Crippen molar-refractivity contribution in [3.63, 3.8) is 0 Å². The summed E-state index contributed by atoms with van der Waals surface area (Å²) in [7, 11) is 0. The number of aliphatic hydroxyl groups excluding tert-OH is 1. The van der Waals surface area contributed by atoms with Gasteiger partial charge in [0.15, 0.2) is 0 Å². The lowest BCUT2D eigenvalue weighted by Gasteiger charge is -2.29. The molecule has 2 aliphatic rings. The molecule has 2 aliphatic heterocycles. The number of nitrogens with one attached hydrogen (secondary N) is 1. The molecule has 1 fully saturated rings. The van der Waals surface area contributed by atoms with E-state index in [9.17, 15) is 4.79 Å². The second kappa shape index (κ2) is 5.94. The normalized spacial score (nSPS) is 25.6. The number of amides is 1. The molecule has 1 amide bonds. The molecule has 108 valence electrons. The molecule has 1 aromatic rings. The summed E-state index contributed by atoms with van der Waals surface area (Å²) in [5, 5.41) is 12.4. The molecule has 1 aromatic carbocycles. The molecule has 4 nitrogen and oxygen atoms in total. The number of nitrogens with zero attached hydrogens (tertiary/aromatic N) is 1. The van der Waals surface area contributed by atoms with E-state index >= 15 is 0 Å². The number of carbonyl (C=O) groups is 1. The van der Waals surface area contributed by atoms with Gasteiger partial charge in [-0.1, -0.05) is 24.3 Å². The standard InChI is InChI=1S/C16H22N2O2/c19-8-6-12-5-7-18(11-12)16(20)15-9-13-3-1-2-4-14(13)10-17-15/h1-4,12,15,17,19H,5-11H2/t12?,15-/m0/s1. The van der Waals surface area contributed by atoms with Crippen LogP contribution < -0.4 is 5.32 Å².